The van der Waals surface area contributed by atoms with Crippen LogP contribution in [0.4, 0.5) is 4.79 Å². The van der Waals surface area contributed by atoms with Crippen LogP contribution in [-0.4, -0.2) is 56.5 Å². The lowest BCUT2D eigenvalue weighted by atomic mass is 9.82. The molecule has 0 heterocycles. The molecule has 154 valence electrons. The second kappa shape index (κ2) is 8.58. The van der Waals surface area contributed by atoms with Crippen molar-refractivity contribution in [1.29, 1.82) is 0 Å². The maximum atomic E-state index is 12.5. The summed E-state index contributed by atoms with van der Waals surface area (Å²) in [5.74, 6) is -3.14. The Balaban J connectivity index is 3.25. The third kappa shape index (κ3) is 5.58. The molecule has 0 saturated heterocycles. The summed E-state index contributed by atoms with van der Waals surface area (Å²) in [5, 5.41) is 2.66. The number of alkyl carbamates (subject to hydrolysis) is 1. The van der Waals surface area contributed by atoms with E-state index in [1.807, 2.05) is 0 Å². The summed E-state index contributed by atoms with van der Waals surface area (Å²) in [5.41, 5.74) is -1.98. The minimum atomic E-state index is -1.23. The third-order valence-electron chi connectivity index (χ3n) is 4.58. The zero-order valence-corrected chi connectivity index (χ0v) is 16.9. The van der Waals surface area contributed by atoms with Crippen LogP contribution in [0.3, 0.4) is 0 Å². The second-order valence-electron chi connectivity index (χ2n) is 7.83. The van der Waals surface area contributed by atoms with Crippen LogP contribution in [0, 0.1) is 17.3 Å². The van der Waals surface area contributed by atoms with Gasteiger partial charge in [-0.3, -0.25) is 14.4 Å². The lowest BCUT2D eigenvalue weighted by molar-refractivity contribution is -0.153. The molecule has 1 fully saturated rings. The number of methoxy groups -OCH3 is 2. The van der Waals surface area contributed by atoms with Crippen molar-refractivity contribution in [2.24, 2.45) is 17.3 Å². The number of carbonyl (C=O) groups excluding carboxylic acids is 4. The number of hydrogen-bond donors (Lipinski definition) is 1. The number of ether oxygens (including phenoxy) is 4. The van der Waals surface area contributed by atoms with Gasteiger partial charge >= 0.3 is 24.0 Å². The quantitative estimate of drug-likeness (QED) is 0.556. The lowest BCUT2D eigenvalue weighted by Crippen LogP contribution is -2.52. The van der Waals surface area contributed by atoms with Crippen molar-refractivity contribution in [3.05, 3.63) is 0 Å². The van der Waals surface area contributed by atoms with E-state index in [1.54, 1.807) is 27.7 Å². The zero-order valence-electron chi connectivity index (χ0n) is 16.9. The first-order valence-electron chi connectivity index (χ1n) is 8.65. The molecule has 1 aliphatic carbocycles. The molecule has 9 heteroatoms. The van der Waals surface area contributed by atoms with Gasteiger partial charge in [0.1, 0.15) is 5.60 Å². The Kier molecular flexibility index (Phi) is 7.22. The average molecular weight is 387 g/mol. The normalized spacial score (nSPS) is 27.4. The van der Waals surface area contributed by atoms with E-state index in [-0.39, 0.29) is 13.0 Å². The van der Waals surface area contributed by atoms with Crippen molar-refractivity contribution in [2.45, 2.75) is 52.7 Å². The van der Waals surface area contributed by atoms with Gasteiger partial charge in [-0.25, -0.2) is 4.79 Å². The van der Waals surface area contributed by atoms with E-state index >= 15 is 0 Å². The number of carbonyl (C=O) groups is 4. The molecule has 1 aliphatic rings. The van der Waals surface area contributed by atoms with Crippen molar-refractivity contribution in [1.82, 2.24) is 5.32 Å². The summed E-state index contributed by atoms with van der Waals surface area (Å²) in [6.45, 7) is 7.77. The van der Waals surface area contributed by atoms with Gasteiger partial charge in [-0.05, 0) is 34.1 Å². The van der Waals surface area contributed by atoms with E-state index < -0.39 is 52.9 Å². The van der Waals surface area contributed by atoms with Crippen LogP contribution < -0.4 is 5.32 Å². The first kappa shape index (κ1) is 22.7. The van der Waals surface area contributed by atoms with Gasteiger partial charge in [-0.1, -0.05) is 0 Å². The standard InChI is InChI=1S/C18H29NO8/c1-10(20)26-9-12-11(14(21)24-6)8-18(5,15(22)25-7)13(12)19-16(23)27-17(2,3)4/h11-13H,8-9H2,1-7H3,(H,19,23)/t11-,12-,13+,18+/m1/s1. The van der Waals surface area contributed by atoms with E-state index in [9.17, 15) is 19.2 Å². The van der Waals surface area contributed by atoms with E-state index in [2.05, 4.69) is 5.32 Å². The molecular formula is C18H29NO8. The molecule has 0 aromatic rings. The third-order valence-corrected chi connectivity index (χ3v) is 4.58. The molecular weight excluding hydrogens is 358 g/mol. The maximum Gasteiger partial charge on any atom is 0.407 e. The average Bonchev–Trinajstić information content (AvgIpc) is 2.83. The molecule has 0 unspecified atom stereocenters. The second-order valence-corrected chi connectivity index (χ2v) is 7.83. The number of amides is 1. The summed E-state index contributed by atoms with van der Waals surface area (Å²) >= 11 is 0. The Labute approximate surface area is 159 Å². The molecule has 1 rings (SSSR count). The molecule has 1 saturated carbocycles. The Bertz CT molecular complexity index is 597. The monoisotopic (exact) mass is 387 g/mol. The highest BCUT2D eigenvalue weighted by atomic mass is 16.6. The van der Waals surface area contributed by atoms with Crippen LogP contribution in [0.25, 0.3) is 0 Å². The Hall–Kier alpha value is -2.32. The van der Waals surface area contributed by atoms with Crippen molar-refractivity contribution < 1.29 is 38.1 Å². The molecule has 0 aromatic carbocycles. The van der Waals surface area contributed by atoms with Crippen molar-refractivity contribution >= 4 is 24.0 Å². The van der Waals surface area contributed by atoms with Gasteiger partial charge in [0.05, 0.1) is 38.2 Å². The summed E-state index contributed by atoms with van der Waals surface area (Å²) < 4.78 is 20.1. The summed E-state index contributed by atoms with van der Waals surface area (Å²) in [6.07, 6.45) is -0.681. The predicted molar refractivity (Wildman–Crippen MR) is 93.5 cm³/mol. The van der Waals surface area contributed by atoms with Crippen molar-refractivity contribution in [3.8, 4) is 0 Å². The molecule has 4 atom stereocenters. The number of hydrogen-bond acceptors (Lipinski definition) is 8. The number of rotatable bonds is 5. The van der Waals surface area contributed by atoms with E-state index in [1.165, 1.54) is 21.1 Å². The van der Waals surface area contributed by atoms with Crippen LogP contribution in [0.2, 0.25) is 0 Å². The van der Waals surface area contributed by atoms with Gasteiger partial charge in [0.25, 0.3) is 0 Å². The Morgan fingerprint density at radius 3 is 2.15 bits per heavy atom. The molecule has 0 aliphatic heterocycles. The number of esters is 3. The van der Waals surface area contributed by atoms with Gasteiger partial charge in [0.15, 0.2) is 0 Å². The van der Waals surface area contributed by atoms with Gasteiger partial charge in [-0.2, -0.15) is 0 Å². The highest BCUT2D eigenvalue weighted by Crippen LogP contribution is 2.47. The fraction of sp³-hybridized carbons (Fsp3) is 0.778. The number of nitrogens with one attached hydrogen (secondary N) is 1. The minimum Gasteiger partial charge on any atom is -0.469 e. The van der Waals surface area contributed by atoms with Gasteiger partial charge in [0.2, 0.25) is 0 Å². The van der Waals surface area contributed by atoms with Crippen LogP contribution >= 0.6 is 0 Å². The topological polar surface area (TPSA) is 117 Å². The fourth-order valence-electron chi connectivity index (χ4n) is 3.42. The van der Waals surface area contributed by atoms with E-state index in [0.717, 1.165) is 0 Å². The maximum absolute atomic E-state index is 12.5. The first-order valence-corrected chi connectivity index (χ1v) is 8.65. The zero-order chi connectivity index (χ0) is 21.0. The highest BCUT2D eigenvalue weighted by molar-refractivity contribution is 5.83. The smallest absolute Gasteiger partial charge is 0.407 e. The fourth-order valence-corrected chi connectivity index (χ4v) is 3.42. The van der Waals surface area contributed by atoms with Crippen LogP contribution in [0.5, 0.6) is 0 Å². The van der Waals surface area contributed by atoms with Crippen LogP contribution in [0.15, 0.2) is 0 Å². The van der Waals surface area contributed by atoms with E-state index in [0.29, 0.717) is 0 Å². The van der Waals surface area contributed by atoms with E-state index in [4.69, 9.17) is 18.9 Å². The highest BCUT2D eigenvalue weighted by Gasteiger charge is 2.59. The van der Waals surface area contributed by atoms with Crippen LogP contribution in [-0.2, 0) is 33.3 Å². The van der Waals surface area contributed by atoms with Gasteiger partial charge < -0.3 is 24.3 Å². The summed E-state index contributed by atoms with van der Waals surface area (Å²) in [6, 6.07) is -0.858. The van der Waals surface area contributed by atoms with Crippen molar-refractivity contribution in [2.75, 3.05) is 20.8 Å². The molecule has 0 radical (unpaired) electrons. The van der Waals surface area contributed by atoms with Gasteiger partial charge in [0, 0.05) is 12.8 Å². The van der Waals surface area contributed by atoms with Gasteiger partial charge in [-0.15, -0.1) is 0 Å². The Morgan fingerprint density at radius 2 is 1.70 bits per heavy atom. The predicted octanol–water partition coefficient (Wildman–Crippen LogP) is 1.43. The SMILES string of the molecule is COC(=O)[C@@H]1C[C@](C)(C(=O)OC)[C@@H](NC(=O)OC(C)(C)C)[C@@H]1COC(C)=O. The molecule has 0 spiro atoms. The van der Waals surface area contributed by atoms with Crippen LogP contribution in [0.1, 0.15) is 41.0 Å². The minimum absolute atomic E-state index is 0.0682. The summed E-state index contributed by atoms with van der Waals surface area (Å²) in [7, 11) is 2.46. The largest absolute Gasteiger partial charge is 0.469 e. The first-order chi connectivity index (χ1) is 12.4. The summed E-state index contributed by atoms with van der Waals surface area (Å²) in [4.78, 5) is 48.4. The van der Waals surface area contributed by atoms with Crippen molar-refractivity contribution in [3.63, 3.8) is 0 Å². The molecule has 27 heavy (non-hydrogen) atoms. The molecule has 0 aromatic heterocycles. The molecule has 1 N–H and O–H groups in total. The molecule has 9 nitrogen and oxygen atoms in total. The molecule has 1 amide bonds. The lowest BCUT2D eigenvalue weighted by Gasteiger charge is -2.33. The molecule has 0 bridgehead atoms. The Morgan fingerprint density at radius 1 is 1.11 bits per heavy atom.